The van der Waals surface area contributed by atoms with Gasteiger partial charge in [-0.15, -0.1) is 0 Å². The summed E-state index contributed by atoms with van der Waals surface area (Å²) in [4.78, 5) is 13.9. The molecule has 4 nitrogen and oxygen atoms in total. The van der Waals surface area contributed by atoms with Crippen molar-refractivity contribution in [3.63, 3.8) is 0 Å². The van der Waals surface area contributed by atoms with Gasteiger partial charge in [-0.05, 0) is 19.4 Å². The second-order valence-electron chi connectivity index (χ2n) is 4.37. The van der Waals surface area contributed by atoms with Crippen LogP contribution in [-0.4, -0.2) is 44.2 Å². The lowest BCUT2D eigenvalue weighted by Crippen LogP contribution is -2.34. The van der Waals surface area contributed by atoms with Gasteiger partial charge in [0.1, 0.15) is 0 Å². The molecule has 2 N–H and O–H groups in total. The van der Waals surface area contributed by atoms with Gasteiger partial charge in [0.25, 0.3) is 0 Å². The van der Waals surface area contributed by atoms with Crippen LogP contribution in [-0.2, 0) is 9.53 Å². The van der Waals surface area contributed by atoms with E-state index in [1.807, 2.05) is 11.8 Å². The first-order valence-corrected chi connectivity index (χ1v) is 5.66. The van der Waals surface area contributed by atoms with Crippen molar-refractivity contribution in [2.45, 2.75) is 19.8 Å². The number of ether oxygens (including phenoxy) is 1. The first-order valence-electron chi connectivity index (χ1n) is 5.66. The summed E-state index contributed by atoms with van der Waals surface area (Å²) in [5.41, 5.74) is 5.45. The van der Waals surface area contributed by atoms with Crippen LogP contribution in [0.15, 0.2) is 0 Å². The zero-order valence-electron chi connectivity index (χ0n) is 9.74. The number of amides is 1. The van der Waals surface area contributed by atoms with Crippen molar-refractivity contribution in [3.8, 4) is 0 Å². The molecule has 15 heavy (non-hydrogen) atoms. The minimum atomic E-state index is 0.0660. The summed E-state index contributed by atoms with van der Waals surface area (Å²) in [5, 5.41) is 0. The van der Waals surface area contributed by atoms with E-state index in [0.29, 0.717) is 12.5 Å². The van der Waals surface area contributed by atoms with Gasteiger partial charge in [-0.3, -0.25) is 4.79 Å². The van der Waals surface area contributed by atoms with E-state index >= 15 is 0 Å². The minimum Gasteiger partial charge on any atom is -0.384 e. The van der Waals surface area contributed by atoms with E-state index in [1.165, 1.54) is 0 Å². The van der Waals surface area contributed by atoms with Crippen LogP contribution in [0, 0.1) is 11.8 Å². The third-order valence-electron chi connectivity index (χ3n) is 3.02. The van der Waals surface area contributed by atoms with Crippen LogP contribution in [0.4, 0.5) is 0 Å². The fourth-order valence-corrected chi connectivity index (χ4v) is 2.09. The van der Waals surface area contributed by atoms with Gasteiger partial charge in [-0.25, -0.2) is 0 Å². The van der Waals surface area contributed by atoms with E-state index in [-0.39, 0.29) is 11.8 Å². The maximum atomic E-state index is 11.9. The van der Waals surface area contributed by atoms with Crippen molar-refractivity contribution in [3.05, 3.63) is 0 Å². The lowest BCUT2D eigenvalue weighted by molar-refractivity contribution is -0.134. The van der Waals surface area contributed by atoms with Crippen molar-refractivity contribution in [1.82, 2.24) is 4.90 Å². The molecule has 1 heterocycles. The molecule has 1 aliphatic rings. The third kappa shape index (κ3) is 3.47. The number of nitrogens with two attached hydrogens (primary N) is 1. The molecule has 0 bridgehead atoms. The summed E-state index contributed by atoms with van der Waals surface area (Å²) in [6.07, 6.45) is 1.85. The number of methoxy groups -OCH3 is 1. The molecule has 0 aromatic heterocycles. The first-order chi connectivity index (χ1) is 7.19. The standard InChI is InChI=1S/C11H22N2O2/c1-9(3-5-12)11(14)13-6-4-10(7-13)8-15-2/h9-10H,3-8,12H2,1-2H3. The number of rotatable bonds is 5. The first kappa shape index (κ1) is 12.5. The van der Waals surface area contributed by atoms with Crippen molar-refractivity contribution < 1.29 is 9.53 Å². The molecule has 1 saturated heterocycles. The van der Waals surface area contributed by atoms with Crippen LogP contribution >= 0.6 is 0 Å². The molecular formula is C11H22N2O2. The monoisotopic (exact) mass is 214 g/mol. The van der Waals surface area contributed by atoms with E-state index in [4.69, 9.17) is 10.5 Å². The smallest absolute Gasteiger partial charge is 0.225 e. The summed E-state index contributed by atoms with van der Waals surface area (Å²) in [6, 6.07) is 0. The predicted molar refractivity (Wildman–Crippen MR) is 59.4 cm³/mol. The quantitative estimate of drug-likeness (QED) is 0.723. The van der Waals surface area contributed by atoms with E-state index < -0.39 is 0 Å². The summed E-state index contributed by atoms with van der Waals surface area (Å²) < 4.78 is 5.10. The minimum absolute atomic E-state index is 0.0660. The Morgan fingerprint density at radius 3 is 3.00 bits per heavy atom. The maximum absolute atomic E-state index is 11.9. The predicted octanol–water partition coefficient (Wildman–Crippen LogP) is 0.466. The van der Waals surface area contributed by atoms with Gasteiger partial charge in [-0.1, -0.05) is 6.92 Å². The number of likely N-dealkylation sites (tertiary alicyclic amines) is 1. The average Bonchev–Trinajstić information content (AvgIpc) is 2.66. The third-order valence-corrected chi connectivity index (χ3v) is 3.02. The SMILES string of the molecule is COCC1CCN(C(=O)C(C)CCN)C1. The summed E-state index contributed by atoms with van der Waals surface area (Å²) in [6.45, 7) is 5.03. The molecule has 0 aliphatic carbocycles. The molecule has 4 heteroatoms. The zero-order valence-corrected chi connectivity index (χ0v) is 9.74. The zero-order chi connectivity index (χ0) is 11.3. The number of hydrogen-bond acceptors (Lipinski definition) is 3. The highest BCUT2D eigenvalue weighted by Gasteiger charge is 2.28. The van der Waals surface area contributed by atoms with Gasteiger partial charge in [0.15, 0.2) is 0 Å². The molecule has 0 spiro atoms. The molecule has 0 aromatic rings. The number of carbonyl (C=O) groups excluding carboxylic acids is 1. The second-order valence-corrected chi connectivity index (χ2v) is 4.37. The van der Waals surface area contributed by atoms with E-state index in [0.717, 1.165) is 32.5 Å². The Bertz CT molecular complexity index is 209. The van der Waals surface area contributed by atoms with Crippen molar-refractivity contribution in [1.29, 1.82) is 0 Å². The van der Waals surface area contributed by atoms with E-state index in [1.54, 1.807) is 7.11 Å². The molecule has 2 atom stereocenters. The molecule has 2 unspecified atom stereocenters. The summed E-state index contributed by atoms with van der Waals surface area (Å²) in [5.74, 6) is 0.833. The highest BCUT2D eigenvalue weighted by Crippen LogP contribution is 2.19. The fourth-order valence-electron chi connectivity index (χ4n) is 2.09. The topological polar surface area (TPSA) is 55.6 Å². The normalized spacial score (nSPS) is 23.1. The summed E-state index contributed by atoms with van der Waals surface area (Å²) >= 11 is 0. The molecule has 1 fully saturated rings. The maximum Gasteiger partial charge on any atom is 0.225 e. The van der Waals surface area contributed by atoms with Crippen LogP contribution in [0.5, 0.6) is 0 Å². The molecule has 0 radical (unpaired) electrons. The molecule has 1 rings (SSSR count). The van der Waals surface area contributed by atoms with E-state index in [9.17, 15) is 4.79 Å². The van der Waals surface area contributed by atoms with Crippen LogP contribution in [0.25, 0.3) is 0 Å². The highest BCUT2D eigenvalue weighted by molar-refractivity contribution is 5.78. The Labute approximate surface area is 91.8 Å². The second kappa shape index (κ2) is 6.08. The molecule has 0 saturated carbocycles. The highest BCUT2D eigenvalue weighted by atomic mass is 16.5. The van der Waals surface area contributed by atoms with E-state index in [2.05, 4.69) is 0 Å². The van der Waals surface area contributed by atoms with Gasteiger partial charge in [0, 0.05) is 32.0 Å². The fraction of sp³-hybridized carbons (Fsp3) is 0.909. The molecule has 0 aromatic carbocycles. The van der Waals surface area contributed by atoms with Crippen molar-refractivity contribution in [2.24, 2.45) is 17.6 Å². The Morgan fingerprint density at radius 1 is 1.67 bits per heavy atom. The number of hydrogen-bond donors (Lipinski definition) is 1. The largest absolute Gasteiger partial charge is 0.384 e. The van der Waals surface area contributed by atoms with Crippen molar-refractivity contribution in [2.75, 3.05) is 33.4 Å². The van der Waals surface area contributed by atoms with Gasteiger partial charge in [-0.2, -0.15) is 0 Å². The Hall–Kier alpha value is -0.610. The Kier molecular flexibility index (Phi) is 5.05. The van der Waals surface area contributed by atoms with Crippen LogP contribution in [0.1, 0.15) is 19.8 Å². The van der Waals surface area contributed by atoms with Crippen LogP contribution in [0.3, 0.4) is 0 Å². The molecular weight excluding hydrogens is 192 g/mol. The van der Waals surface area contributed by atoms with Gasteiger partial charge in [0.05, 0.1) is 6.61 Å². The Balaban J connectivity index is 2.35. The molecule has 1 aliphatic heterocycles. The number of carbonyl (C=O) groups is 1. The van der Waals surface area contributed by atoms with Gasteiger partial charge >= 0.3 is 0 Å². The average molecular weight is 214 g/mol. The van der Waals surface area contributed by atoms with Crippen LogP contribution in [0.2, 0.25) is 0 Å². The summed E-state index contributed by atoms with van der Waals surface area (Å²) in [7, 11) is 1.71. The van der Waals surface area contributed by atoms with Crippen molar-refractivity contribution >= 4 is 5.91 Å². The van der Waals surface area contributed by atoms with Gasteiger partial charge in [0.2, 0.25) is 5.91 Å². The number of nitrogens with zero attached hydrogens (tertiary/aromatic N) is 1. The van der Waals surface area contributed by atoms with Gasteiger partial charge < -0.3 is 15.4 Å². The molecule has 1 amide bonds. The van der Waals surface area contributed by atoms with Crippen LogP contribution < -0.4 is 5.73 Å². The lowest BCUT2D eigenvalue weighted by atomic mass is 10.1. The lowest BCUT2D eigenvalue weighted by Gasteiger charge is -2.20. The Morgan fingerprint density at radius 2 is 2.40 bits per heavy atom. The molecule has 88 valence electrons.